The van der Waals surface area contributed by atoms with Crippen molar-refractivity contribution < 1.29 is 23.1 Å². The number of hydrogen-bond donors (Lipinski definition) is 3. The molecule has 0 fully saturated rings. The highest BCUT2D eigenvalue weighted by atomic mass is 32.1. The Balaban J connectivity index is 1.68. The van der Waals surface area contributed by atoms with Crippen LogP contribution in [-0.2, 0) is 11.8 Å². The molecule has 2 amide bonds. The first kappa shape index (κ1) is 19.2. The number of aliphatic hydroxyl groups is 1. The number of halogens is 3. The molecule has 0 radical (unpaired) electrons. The van der Waals surface area contributed by atoms with Gasteiger partial charge in [-0.1, -0.05) is 30.3 Å². The van der Waals surface area contributed by atoms with Crippen LogP contribution < -0.4 is 10.6 Å². The summed E-state index contributed by atoms with van der Waals surface area (Å²) in [6, 6.07) is 13.3. The molecule has 0 aliphatic heterocycles. The molecule has 3 aromatic rings. The fraction of sp³-hybridized carbons (Fsp3) is 0.211. The Morgan fingerprint density at radius 1 is 1.11 bits per heavy atom. The predicted molar refractivity (Wildman–Crippen MR) is 99.9 cm³/mol. The van der Waals surface area contributed by atoms with E-state index in [0.29, 0.717) is 4.88 Å². The molecule has 8 heteroatoms. The number of hydrogen-bond acceptors (Lipinski definition) is 3. The van der Waals surface area contributed by atoms with E-state index in [-0.39, 0.29) is 12.2 Å². The maximum atomic E-state index is 13.0. The first-order valence-electron chi connectivity index (χ1n) is 8.09. The minimum Gasteiger partial charge on any atom is -0.383 e. The Kier molecular flexibility index (Phi) is 5.12. The van der Waals surface area contributed by atoms with Crippen molar-refractivity contribution in [3.05, 3.63) is 65.0 Å². The molecule has 4 nitrogen and oxygen atoms in total. The molecule has 0 saturated heterocycles. The lowest BCUT2D eigenvalue weighted by Gasteiger charge is -2.22. The molecule has 27 heavy (non-hydrogen) atoms. The second kappa shape index (κ2) is 7.21. The van der Waals surface area contributed by atoms with E-state index in [1.165, 1.54) is 29.5 Å². The zero-order valence-corrected chi connectivity index (χ0v) is 15.1. The van der Waals surface area contributed by atoms with Crippen LogP contribution in [-0.4, -0.2) is 17.7 Å². The molecule has 1 aromatic heterocycles. The number of thiophene rings is 1. The summed E-state index contributed by atoms with van der Waals surface area (Å²) in [5, 5.41) is 16.3. The van der Waals surface area contributed by atoms with Crippen molar-refractivity contribution in [3.63, 3.8) is 0 Å². The number of urea groups is 1. The molecule has 0 saturated carbocycles. The molecule has 1 heterocycles. The summed E-state index contributed by atoms with van der Waals surface area (Å²) in [4.78, 5) is 12.7. The van der Waals surface area contributed by atoms with Crippen LogP contribution >= 0.6 is 11.3 Å². The van der Waals surface area contributed by atoms with Crippen LogP contribution in [0.2, 0.25) is 0 Å². The average molecular weight is 394 g/mol. The van der Waals surface area contributed by atoms with Crippen LogP contribution in [0.3, 0.4) is 0 Å². The largest absolute Gasteiger partial charge is 0.418 e. The van der Waals surface area contributed by atoms with Crippen LogP contribution in [0.1, 0.15) is 17.4 Å². The fourth-order valence-electron chi connectivity index (χ4n) is 2.59. The lowest BCUT2D eigenvalue weighted by molar-refractivity contribution is -0.136. The molecule has 0 unspecified atom stereocenters. The minimum atomic E-state index is -4.58. The Hall–Kier alpha value is -2.58. The molecule has 0 aliphatic rings. The van der Waals surface area contributed by atoms with Gasteiger partial charge in [-0.2, -0.15) is 13.2 Å². The lowest BCUT2D eigenvalue weighted by Crippen LogP contribution is -2.40. The van der Waals surface area contributed by atoms with Crippen molar-refractivity contribution in [3.8, 4) is 0 Å². The molecule has 1 atom stereocenters. The number of anilines is 1. The van der Waals surface area contributed by atoms with Crippen LogP contribution in [0.4, 0.5) is 23.7 Å². The number of fused-ring (bicyclic) bond motifs is 1. The number of nitrogens with one attached hydrogen (secondary N) is 2. The van der Waals surface area contributed by atoms with Crippen molar-refractivity contribution >= 4 is 33.1 Å². The van der Waals surface area contributed by atoms with Crippen molar-refractivity contribution in [2.75, 3.05) is 11.9 Å². The van der Waals surface area contributed by atoms with Gasteiger partial charge in [0.15, 0.2) is 0 Å². The third-order valence-corrected chi connectivity index (χ3v) is 5.40. The normalized spacial score (nSPS) is 14.0. The molecule has 142 valence electrons. The summed E-state index contributed by atoms with van der Waals surface area (Å²) in [6.07, 6.45) is -4.58. The van der Waals surface area contributed by atoms with Crippen molar-refractivity contribution in [2.45, 2.75) is 18.7 Å². The number of rotatable bonds is 4. The minimum absolute atomic E-state index is 0.153. The monoisotopic (exact) mass is 394 g/mol. The van der Waals surface area contributed by atoms with Crippen LogP contribution in [0.5, 0.6) is 0 Å². The summed E-state index contributed by atoms with van der Waals surface area (Å²) < 4.78 is 40.0. The topological polar surface area (TPSA) is 61.4 Å². The molecular formula is C19H17F3N2O2S. The summed E-state index contributed by atoms with van der Waals surface area (Å²) in [6.45, 7) is 1.39. The van der Waals surface area contributed by atoms with E-state index < -0.39 is 23.4 Å². The second-order valence-electron chi connectivity index (χ2n) is 6.27. The standard InChI is InChI=1S/C19H17F3N2O2S/c1-18(26,16-10-12-6-2-5-9-15(12)27-16)11-23-17(25)24-14-8-4-3-7-13(14)19(20,21)22/h2-10,26H,11H2,1H3,(H2,23,24,25)/t18-/m1/s1. The van der Waals surface area contributed by atoms with E-state index in [0.717, 1.165) is 16.2 Å². The van der Waals surface area contributed by atoms with Gasteiger partial charge in [-0.05, 0) is 36.6 Å². The maximum absolute atomic E-state index is 13.0. The van der Waals surface area contributed by atoms with Gasteiger partial charge in [0, 0.05) is 9.58 Å². The third kappa shape index (κ3) is 4.40. The molecule has 0 bridgehead atoms. The Bertz CT molecular complexity index is 934. The highest BCUT2D eigenvalue weighted by molar-refractivity contribution is 7.19. The van der Waals surface area contributed by atoms with Crippen LogP contribution in [0.25, 0.3) is 10.1 Å². The van der Waals surface area contributed by atoms with Crippen LogP contribution in [0.15, 0.2) is 54.6 Å². The van der Waals surface area contributed by atoms with E-state index in [2.05, 4.69) is 10.6 Å². The Morgan fingerprint density at radius 2 is 1.78 bits per heavy atom. The predicted octanol–water partition coefficient (Wildman–Crippen LogP) is 4.95. The molecule has 0 spiro atoms. The van der Waals surface area contributed by atoms with Crippen LogP contribution in [0, 0.1) is 0 Å². The van der Waals surface area contributed by atoms with Gasteiger partial charge in [-0.25, -0.2) is 4.79 Å². The Labute approximate surface area is 157 Å². The van der Waals surface area contributed by atoms with E-state index in [1.807, 2.05) is 30.3 Å². The third-order valence-electron chi connectivity index (χ3n) is 4.03. The van der Waals surface area contributed by atoms with Crippen molar-refractivity contribution in [1.82, 2.24) is 5.32 Å². The smallest absolute Gasteiger partial charge is 0.383 e. The van der Waals surface area contributed by atoms with Gasteiger partial charge >= 0.3 is 12.2 Å². The number of para-hydroxylation sites is 1. The number of benzene rings is 2. The SMILES string of the molecule is C[C@@](O)(CNC(=O)Nc1ccccc1C(F)(F)F)c1cc2ccccc2s1. The van der Waals surface area contributed by atoms with Gasteiger partial charge in [0.05, 0.1) is 17.8 Å². The maximum Gasteiger partial charge on any atom is 0.418 e. The molecule has 2 aromatic carbocycles. The molecule has 3 rings (SSSR count). The Morgan fingerprint density at radius 3 is 2.48 bits per heavy atom. The average Bonchev–Trinajstić information content (AvgIpc) is 3.05. The van der Waals surface area contributed by atoms with E-state index >= 15 is 0 Å². The summed E-state index contributed by atoms with van der Waals surface area (Å²) in [5.41, 5.74) is -2.63. The van der Waals surface area contributed by atoms with Gasteiger partial charge < -0.3 is 15.7 Å². The van der Waals surface area contributed by atoms with Gasteiger partial charge in [0.2, 0.25) is 0 Å². The van der Waals surface area contributed by atoms with Gasteiger partial charge in [-0.15, -0.1) is 11.3 Å². The van der Waals surface area contributed by atoms with Gasteiger partial charge in [-0.3, -0.25) is 0 Å². The van der Waals surface area contributed by atoms with E-state index in [4.69, 9.17) is 0 Å². The lowest BCUT2D eigenvalue weighted by atomic mass is 10.0. The fourth-order valence-corrected chi connectivity index (χ4v) is 3.70. The van der Waals surface area contributed by atoms with Gasteiger partial charge in [0.25, 0.3) is 0 Å². The summed E-state index contributed by atoms with van der Waals surface area (Å²) >= 11 is 1.40. The quantitative estimate of drug-likeness (QED) is 0.586. The summed E-state index contributed by atoms with van der Waals surface area (Å²) in [5.74, 6) is 0. The number of alkyl halides is 3. The van der Waals surface area contributed by atoms with Crippen molar-refractivity contribution in [1.29, 1.82) is 0 Å². The zero-order valence-electron chi connectivity index (χ0n) is 14.3. The van der Waals surface area contributed by atoms with E-state index in [9.17, 15) is 23.1 Å². The highest BCUT2D eigenvalue weighted by Gasteiger charge is 2.33. The molecule has 3 N–H and O–H groups in total. The number of amides is 2. The highest BCUT2D eigenvalue weighted by Crippen LogP contribution is 2.35. The molecule has 0 aliphatic carbocycles. The van der Waals surface area contributed by atoms with E-state index in [1.54, 1.807) is 6.92 Å². The van der Waals surface area contributed by atoms with Gasteiger partial charge in [0.1, 0.15) is 5.60 Å². The number of carbonyl (C=O) groups excluding carboxylic acids is 1. The zero-order chi connectivity index (χ0) is 19.7. The number of carbonyl (C=O) groups is 1. The molecular weight excluding hydrogens is 377 g/mol. The summed E-state index contributed by atoms with van der Waals surface area (Å²) in [7, 11) is 0. The first-order chi connectivity index (χ1) is 12.7. The van der Waals surface area contributed by atoms with Crippen molar-refractivity contribution in [2.24, 2.45) is 0 Å². The second-order valence-corrected chi connectivity index (χ2v) is 7.36. The first-order valence-corrected chi connectivity index (χ1v) is 8.91.